The van der Waals surface area contributed by atoms with Crippen LogP contribution in [0.1, 0.15) is 5.56 Å². The van der Waals surface area contributed by atoms with Gasteiger partial charge in [0.1, 0.15) is 6.61 Å². The molecule has 27 heavy (non-hydrogen) atoms. The number of amides is 1. The number of phenols is 1. The van der Waals surface area contributed by atoms with Crippen molar-refractivity contribution in [2.75, 3.05) is 39.9 Å². The maximum Gasteiger partial charge on any atom is 0.252 e. The molecule has 2 N–H and O–H groups in total. The largest absolute Gasteiger partial charge is 0.504 e. The van der Waals surface area contributed by atoms with Gasteiger partial charge in [0.05, 0.1) is 40.7 Å². The number of methoxy groups -OCH3 is 4. The van der Waals surface area contributed by atoms with Gasteiger partial charge in [-0.1, -0.05) is 6.07 Å². The first kappa shape index (κ1) is 20.2. The van der Waals surface area contributed by atoms with Gasteiger partial charge in [-0.2, -0.15) is 0 Å². The van der Waals surface area contributed by atoms with Crippen LogP contribution in [0.25, 0.3) is 0 Å². The number of aliphatic hydroxyl groups excluding tert-OH is 1. The topological polar surface area (TPSA) is 97.7 Å². The van der Waals surface area contributed by atoms with Gasteiger partial charge in [0.15, 0.2) is 23.0 Å². The number of aliphatic hydroxyl groups is 1. The zero-order valence-electron chi connectivity index (χ0n) is 15.7. The van der Waals surface area contributed by atoms with Gasteiger partial charge in [-0.15, -0.1) is 0 Å². The molecule has 0 aliphatic carbocycles. The quantitative estimate of drug-likeness (QED) is 0.726. The Morgan fingerprint density at radius 2 is 1.52 bits per heavy atom. The van der Waals surface area contributed by atoms with Crippen LogP contribution in [-0.2, 0) is 11.3 Å². The van der Waals surface area contributed by atoms with Crippen LogP contribution >= 0.6 is 0 Å². The molecule has 2 aromatic carbocycles. The van der Waals surface area contributed by atoms with Gasteiger partial charge >= 0.3 is 0 Å². The number of benzene rings is 2. The minimum Gasteiger partial charge on any atom is -0.504 e. The summed E-state index contributed by atoms with van der Waals surface area (Å²) >= 11 is 0. The zero-order chi connectivity index (χ0) is 20.0. The summed E-state index contributed by atoms with van der Waals surface area (Å²) in [7, 11) is 5.88. The van der Waals surface area contributed by atoms with Crippen molar-refractivity contribution in [2.24, 2.45) is 0 Å². The molecule has 0 unspecified atom stereocenters. The van der Waals surface area contributed by atoms with Crippen LogP contribution in [0, 0.1) is 0 Å². The van der Waals surface area contributed by atoms with E-state index in [1.54, 1.807) is 24.3 Å². The lowest BCUT2D eigenvalue weighted by Gasteiger charge is -2.24. The summed E-state index contributed by atoms with van der Waals surface area (Å²) in [6, 6.07) is 8.03. The Labute approximate surface area is 157 Å². The minimum absolute atomic E-state index is 0.0451. The van der Waals surface area contributed by atoms with Crippen LogP contribution in [-0.4, -0.2) is 51.2 Å². The molecule has 2 aromatic rings. The Bertz CT molecular complexity index is 782. The third-order valence-electron chi connectivity index (χ3n) is 3.98. The number of hydrogen-bond acceptors (Lipinski definition) is 7. The Kier molecular flexibility index (Phi) is 6.73. The van der Waals surface area contributed by atoms with Crippen molar-refractivity contribution in [2.45, 2.75) is 6.54 Å². The van der Waals surface area contributed by atoms with Gasteiger partial charge in [-0.05, 0) is 17.7 Å². The second kappa shape index (κ2) is 9.00. The van der Waals surface area contributed by atoms with Crippen molar-refractivity contribution in [3.63, 3.8) is 0 Å². The second-order valence-corrected chi connectivity index (χ2v) is 5.53. The van der Waals surface area contributed by atoms with Gasteiger partial charge in [-0.3, -0.25) is 4.79 Å². The maximum absolute atomic E-state index is 12.4. The Morgan fingerprint density at radius 3 is 1.96 bits per heavy atom. The van der Waals surface area contributed by atoms with Crippen molar-refractivity contribution in [3.05, 3.63) is 35.9 Å². The van der Waals surface area contributed by atoms with Crippen LogP contribution in [0.4, 0.5) is 5.69 Å². The van der Waals surface area contributed by atoms with Crippen molar-refractivity contribution >= 4 is 11.6 Å². The highest BCUT2D eigenvalue weighted by atomic mass is 16.5. The SMILES string of the molecule is COc1ccc(CN(C(=O)CO)c2cc(OC)c(OC)c(OC)c2)cc1O. The van der Waals surface area contributed by atoms with E-state index >= 15 is 0 Å². The Morgan fingerprint density at radius 1 is 0.926 bits per heavy atom. The summed E-state index contributed by atoms with van der Waals surface area (Å²) in [5.74, 6) is 0.894. The van der Waals surface area contributed by atoms with Gasteiger partial charge in [0.25, 0.3) is 5.91 Å². The molecule has 0 heterocycles. The maximum atomic E-state index is 12.4. The van der Waals surface area contributed by atoms with Gasteiger partial charge in [0, 0.05) is 12.1 Å². The van der Waals surface area contributed by atoms with Crippen LogP contribution < -0.4 is 23.8 Å². The van der Waals surface area contributed by atoms with E-state index in [-0.39, 0.29) is 12.3 Å². The van der Waals surface area contributed by atoms with Crippen LogP contribution in [0.2, 0.25) is 0 Å². The van der Waals surface area contributed by atoms with E-state index < -0.39 is 12.5 Å². The lowest BCUT2D eigenvalue weighted by molar-refractivity contribution is -0.121. The van der Waals surface area contributed by atoms with E-state index in [1.165, 1.54) is 39.4 Å². The number of phenolic OH excluding ortho intramolecular Hbond substituents is 1. The van der Waals surface area contributed by atoms with Gasteiger partial charge < -0.3 is 34.1 Å². The number of rotatable bonds is 8. The van der Waals surface area contributed by atoms with E-state index in [0.29, 0.717) is 34.2 Å². The van der Waals surface area contributed by atoms with Crippen molar-refractivity contribution < 1.29 is 34.0 Å². The van der Waals surface area contributed by atoms with Crippen LogP contribution in [0.5, 0.6) is 28.7 Å². The molecule has 1 amide bonds. The summed E-state index contributed by atoms with van der Waals surface area (Å²) in [5, 5.41) is 19.4. The van der Waals surface area contributed by atoms with Crippen LogP contribution in [0.3, 0.4) is 0 Å². The molecule has 0 aliphatic rings. The fourth-order valence-corrected chi connectivity index (χ4v) is 2.65. The molecule has 8 heteroatoms. The predicted molar refractivity (Wildman–Crippen MR) is 99.0 cm³/mol. The lowest BCUT2D eigenvalue weighted by atomic mass is 10.1. The summed E-state index contributed by atoms with van der Waals surface area (Å²) in [4.78, 5) is 13.7. The van der Waals surface area contributed by atoms with E-state index in [1.807, 2.05) is 0 Å². The standard InChI is InChI=1S/C19H23NO7/c1-24-15-6-5-12(7-14(15)22)10-20(18(23)11-21)13-8-16(25-2)19(27-4)17(9-13)26-3/h5-9,21-22H,10-11H2,1-4H3. The van der Waals surface area contributed by atoms with Crippen molar-refractivity contribution in [1.29, 1.82) is 0 Å². The molecular formula is C19H23NO7. The third-order valence-corrected chi connectivity index (χ3v) is 3.98. The molecular weight excluding hydrogens is 354 g/mol. The Hall–Kier alpha value is -3.13. The average Bonchev–Trinajstić information content (AvgIpc) is 2.70. The molecule has 0 aromatic heterocycles. The molecule has 146 valence electrons. The lowest BCUT2D eigenvalue weighted by Crippen LogP contribution is -2.32. The Balaban J connectivity index is 2.48. The first-order valence-electron chi connectivity index (χ1n) is 8.06. The van der Waals surface area contributed by atoms with E-state index in [9.17, 15) is 15.0 Å². The summed E-state index contributed by atoms with van der Waals surface area (Å²) in [5.41, 5.74) is 1.09. The van der Waals surface area contributed by atoms with Crippen LogP contribution in [0.15, 0.2) is 30.3 Å². The highest BCUT2D eigenvalue weighted by Crippen LogP contribution is 2.41. The highest BCUT2D eigenvalue weighted by Gasteiger charge is 2.21. The number of carbonyl (C=O) groups excluding carboxylic acids is 1. The van der Waals surface area contributed by atoms with E-state index in [2.05, 4.69) is 0 Å². The number of hydrogen-bond donors (Lipinski definition) is 2. The summed E-state index contributed by atoms with van der Waals surface area (Å²) < 4.78 is 21.0. The van der Waals surface area contributed by atoms with Gasteiger partial charge in [-0.25, -0.2) is 0 Å². The molecule has 0 saturated carbocycles. The summed E-state index contributed by atoms with van der Waals surface area (Å²) in [6.45, 7) is -0.575. The molecule has 0 atom stereocenters. The average molecular weight is 377 g/mol. The molecule has 0 bridgehead atoms. The highest BCUT2D eigenvalue weighted by molar-refractivity contribution is 5.94. The van der Waals surface area contributed by atoms with E-state index in [0.717, 1.165) is 0 Å². The fraction of sp³-hybridized carbons (Fsp3) is 0.316. The van der Waals surface area contributed by atoms with Crippen molar-refractivity contribution in [1.82, 2.24) is 0 Å². The van der Waals surface area contributed by atoms with Crippen molar-refractivity contribution in [3.8, 4) is 28.7 Å². The smallest absolute Gasteiger partial charge is 0.252 e. The third kappa shape index (κ3) is 4.35. The number of aromatic hydroxyl groups is 1. The first-order chi connectivity index (χ1) is 13.0. The number of ether oxygens (including phenoxy) is 4. The van der Waals surface area contributed by atoms with Gasteiger partial charge in [0.2, 0.25) is 5.75 Å². The minimum atomic E-state index is -0.682. The zero-order valence-corrected chi connectivity index (χ0v) is 15.7. The van der Waals surface area contributed by atoms with E-state index in [4.69, 9.17) is 18.9 Å². The molecule has 0 fully saturated rings. The first-order valence-corrected chi connectivity index (χ1v) is 8.06. The molecule has 0 saturated heterocycles. The molecule has 0 spiro atoms. The second-order valence-electron chi connectivity index (χ2n) is 5.53. The summed E-state index contributed by atoms with van der Waals surface area (Å²) in [6.07, 6.45) is 0. The fourth-order valence-electron chi connectivity index (χ4n) is 2.65. The monoisotopic (exact) mass is 377 g/mol. The molecule has 0 aliphatic heterocycles. The molecule has 0 radical (unpaired) electrons. The molecule has 2 rings (SSSR count). The number of nitrogens with zero attached hydrogens (tertiary/aromatic N) is 1. The number of carbonyl (C=O) groups is 1. The number of anilines is 1. The normalized spacial score (nSPS) is 10.3. The predicted octanol–water partition coefficient (Wildman–Crippen LogP) is 1.95. The molecule has 8 nitrogen and oxygen atoms in total.